The molecular formula is C10H23ClN2O2. The molecule has 0 heterocycles. The average molecular weight is 239 g/mol. The molecule has 0 saturated heterocycles. The molecule has 0 aliphatic heterocycles. The van der Waals surface area contributed by atoms with Crippen LogP contribution in [-0.2, 0) is 4.79 Å². The summed E-state index contributed by atoms with van der Waals surface area (Å²) in [5.74, 6) is -0.0404. The van der Waals surface area contributed by atoms with E-state index in [2.05, 4.69) is 33.0 Å². The minimum Gasteiger partial charge on any atom is -1.00 e. The van der Waals surface area contributed by atoms with Crippen LogP contribution in [0.4, 0.5) is 0 Å². The molecule has 0 atom stereocenters. The number of rotatable bonds is 5. The van der Waals surface area contributed by atoms with E-state index in [-0.39, 0.29) is 23.8 Å². The van der Waals surface area contributed by atoms with Crippen molar-refractivity contribution in [2.75, 3.05) is 34.2 Å². The Morgan fingerprint density at radius 2 is 1.80 bits per heavy atom. The van der Waals surface area contributed by atoms with Crippen molar-refractivity contribution in [1.29, 1.82) is 0 Å². The van der Waals surface area contributed by atoms with Gasteiger partial charge in [-0.1, -0.05) is 6.58 Å². The first-order chi connectivity index (χ1) is 5.83. The van der Waals surface area contributed by atoms with E-state index in [1.54, 1.807) is 6.92 Å². The Kier molecular flexibility index (Phi) is 11.6. The van der Waals surface area contributed by atoms with Crippen molar-refractivity contribution in [1.82, 2.24) is 5.32 Å². The van der Waals surface area contributed by atoms with Crippen LogP contribution >= 0.6 is 0 Å². The van der Waals surface area contributed by atoms with E-state index in [9.17, 15) is 4.79 Å². The molecule has 92 valence electrons. The third-order valence-electron chi connectivity index (χ3n) is 1.68. The van der Waals surface area contributed by atoms with Crippen molar-refractivity contribution in [2.45, 2.75) is 13.3 Å². The molecule has 0 aliphatic carbocycles. The summed E-state index contributed by atoms with van der Waals surface area (Å²) in [6.07, 6.45) is 1.00. The number of amides is 1. The molecule has 0 aliphatic rings. The first-order valence-corrected chi connectivity index (χ1v) is 4.57. The Morgan fingerprint density at radius 1 is 1.33 bits per heavy atom. The third kappa shape index (κ3) is 13.4. The fraction of sp³-hybridized carbons (Fsp3) is 0.700. The third-order valence-corrected chi connectivity index (χ3v) is 1.68. The van der Waals surface area contributed by atoms with Gasteiger partial charge in [-0.05, 0) is 6.92 Å². The van der Waals surface area contributed by atoms with Gasteiger partial charge in [0, 0.05) is 18.5 Å². The normalized spacial score (nSPS) is 9.60. The lowest BCUT2D eigenvalue weighted by Crippen LogP contribution is -3.00. The number of carbonyl (C=O) groups is 1. The molecule has 0 spiro atoms. The molecule has 0 radical (unpaired) electrons. The van der Waals surface area contributed by atoms with Crippen LogP contribution in [0.3, 0.4) is 0 Å². The van der Waals surface area contributed by atoms with Crippen LogP contribution in [0.15, 0.2) is 12.2 Å². The van der Waals surface area contributed by atoms with E-state index in [4.69, 9.17) is 0 Å². The van der Waals surface area contributed by atoms with E-state index in [1.807, 2.05) is 0 Å². The van der Waals surface area contributed by atoms with Gasteiger partial charge in [-0.15, -0.1) is 0 Å². The first-order valence-electron chi connectivity index (χ1n) is 4.57. The molecule has 0 aromatic heterocycles. The Hall–Kier alpha value is -0.580. The Bertz CT molecular complexity index is 200. The first kappa shape index (κ1) is 19.9. The summed E-state index contributed by atoms with van der Waals surface area (Å²) in [5.41, 5.74) is 0.574. The molecule has 4 nitrogen and oxygen atoms in total. The molecule has 0 rings (SSSR count). The largest absolute Gasteiger partial charge is 1.00 e. The lowest BCUT2D eigenvalue weighted by Gasteiger charge is -2.23. The highest BCUT2D eigenvalue weighted by Gasteiger charge is 2.06. The predicted octanol–water partition coefficient (Wildman–Crippen LogP) is -3.05. The van der Waals surface area contributed by atoms with E-state index in [0.717, 1.165) is 24.0 Å². The molecule has 0 unspecified atom stereocenters. The van der Waals surface area contributed by atoms with Crippen molar-refractivity contribution < 1.29 is 27.2 Å². The highest BCUT2D eigenvalue weighted by molar-refractivity contribution is 5.91. The van der Waals surface area contributed by atoms with Crippen LogP contribution in [-0.4, -0.2) is 50.1 Å². The van der Waals surface area contributed by atoms with Gasteiger partial charge in [0.1, 0.15) is 0 Å². The van der Waals surface area contributed by atoms with Crippen LogP contribution in [0.5, 0.6) is 0 Å². The van der Waals surface area contributed by atoms with Crippen LogP contribution in [0.2, 0.25) is 0 Å². The van der Waals surface area contributed by atoms with Gasteiger partial charge in [-0.25, -0.2) is 0 Å². The topological polar surface area (TPSA) is 60.6 Å². The van der Waals surface area contributed by atoms with Gasteiger partial charge < -0.3 is 27.7 Å². The van der Waals surface area contributed by atoms with Crippen molar-refractivity contribution in [3.8, 4) is 0 Å². The molecular weight excluding hydrogens is 216 g/mol. The van der Waals surface area contributed by atoms with Gasteiger partial charge in [0.15, 0.2) is 0 Å². The van der Waals surface area contributed by atoms with Crippen molar-refractivity contribution >= 4 is 5.91 Å². The van der Waals surface area contributed by atoms with Crippen molar-refractivity contribution in [3.63, 3.8) is 0 Å². The molecule has 3 N–H and O–H groups in total. The summed E-state index contributed by atoms with van der Waals surface area (Å²) in [6, 6.07) is 0. The highest BCUT2D eigenvalue weighted by atomic mass is 35.5. The van der Waals surface area contributed by atoms with Crippen molar-refractivity contribution in [3.05, 3.63) is 12.2 Å². The molecule has 5 heteroatoms. The van der Waals surface area contributed by atoms with Crippen LogP contribution < -0.4 is 17.7 Å². The van der Waals surface area contributed by atoms with Gasteiger partial charge >= 0.3 is 0 Å². The van der Waals surface area contributed by atoms with Gasteiger partial charge in [0.2, 0.25) is 5.91 Å². The van der Waals surface area contributed by atoms with Gasteiger partial charge in [0.25, 0.3) is 0 Å². The Balaban J connectivity index is -0.000000720. The van der Waals surface area contributed by atoms with Gasteiger partial charge in [0.05, 0.1) is 27.7 Å². The quantitative estimate of drug-likeness (QED) is 0.309. The number of carbonyl (C=O) groups excluding carboxylic acids is 1. The Morgan fingerprint density at radius 3 is 2.13 bits per heavy atom. The Labute approximate surface area is 98.6 Å². The molecule has 1 amide bonds. The molecule has 0 fully saturated rings. The number of hydrogen-bond acceptors (Lipinski definition) is 1. The molecule has 0 aromatic carbocycles. The zero-order valence-corrected chi connectivity index (χ0v) is 10.8. The predicted molar refractivity (Wildman–Crippen MR) is 59.0 cm³/mol. The summed E-state index contributed by atoms with van der Waals surface area (Å²) in [5, 5.41) is 2.81. The maximum absolute atomic E-state index is 11.1. The molecule has 0 aromatic rings. The lowest BCUT2D eigenvalue weighted by atomic mass is 10.3. The van der Waals surface area contributed by atoms with E-state index in [0.29, 0.717) is 5.57 Å². The number of nitrogens with one attached hydrogen (secondary N) is 1. The maximum atomic E-state index is 11.1. The summed E-state index contributed by atoms with van der Waals surface area (Å²) in [6.45, 7) is 7.09. The summed E-state index contributed by atoms with van der Waals surface area (Å²) in [4.78, 5) is 11.1. The maximum Gasteiger partial charge on any atom is 0.246 e. The van der Waals surface area contributed by atoms with Gasteiger partial charge in [-0.3, -0.25) is 4.79 Å². The second-order valence-electron chi connectivity index (χ2n) is 4.40. The minimum absolute atomic E-state index is 0. The van der Waals surface area contributed by atoms with Crippen LogP contribution in [0, 0.1) is 0 Å². The fourth-order valence-electron chi connectivity index (χ4n) is 0.906. The van der Waals surface area contributed by atoms with Gasteiger partial charge in [-0.2, -0.15) is 0 Å². The smallest absolute Gasteiger partial charge is 0.246 e. The molecule has 0 saturated carbocycles. The van der Waals surface area contributed by atoms with Crippen LogP contribution in [0.25, 0.3) is 0 Å². The monoisotopic (exact) mass is 238 g/mol. The molecule has 0 bridgehead atoms. The minimum atomic E-state index is -0.0404. The second-order valence-corrected chi connectivity index (χ2v) is 4.40. The number of quaternary nitrogens is 1. The molecule has 15 heavy (non-hydrogen) atoms. The van der Waals surface area contributed by atoms with E-state index in [1.165, 1.54) is 0 Å². The fourth-order valence-corrected chi connectivity index (χ4v) is 0.906. The number of hydrogen-bond donors (Lipinski definition) is 1. The summed E-state index contributed by atoms with van der Waals surface area (Å²) >= 11 is 0. The number of halogens is 1. The van der Waals surface area contributed by atoms with E-state index >= 15 is 0 Å². The SMILES string of the molecule is C=C(C)C(=O)NCCC[N+](C)(C)C.O.[Cl-]. The van der Waals surface area contributed by atoms with Crippen LogP contribution in [0.1, 0.15) is 13.3 Å². The lowest BCUT2D eigenvalue weighted by molar-refractivity contribution is -0.870. The second kappa shape index (κ2) is 8.71. The van der Waals surface area contributed by atoms with E-state index < -0.39 is 0 Å². The average Bonchev–Trinajstić information content (AvgIpc) is 1.95. The zero-order chi connectivity index (χ0) is 10.5. The number of nitrogens with zero attached hydrogens (tertiary/aromatic N) is 1. The summed E-state index contributed by atoms with van der Waals surface area (Å²) in [7, 11) is 6.42. The standard InChI is InChI=1S/C10H20N2O.ClH.H2O/c1-9(2)10(13)11-7-6-8-12(3,4)5;;/h1,6-8H2,2-5H3;1H;1H2. The van der Waals surface area contributed by atoms with Crippen molar-refractivity contribution in [2.24, 2.45) is 0 Å². The summed E-state index contributed by atoms with van der Waals surface area (Å²) < 4.78 is 0.933. The zero-order valence-electron chi connectivity index (χ0n) is 10.1. The highest BCUT2D eigenvalue weighted by Crippen LogP contribution is 1.92.